The number of aliphatic carboxylic acids is 1. The van der Waals surface area contributed by atoms with Crippen molar-refractivity contribution in [2.45, 2.75) is 32.2 Å². The second kappa shape index (κ2) is 4.83. The van der Waals surface area contributed by atoms with Crippen LogP contribution in [0.5, 0.6) is 0 Å². The summed E-state index contributed by atoms with van der Waals surface area (Å²) in [7, 11) is 0. The predicted octanol–water partition coefficient (Wildman–Crippen LogP) is 0.559. The van der Waals surface area contributed by atoms with Crippen LogP contribution in [0.3, 0.4) is 0 Å². The van der Waals surface area contributed by atoms with Crippen molar-refractivity contribution < 1.29 is 14.7 Å². The third kappa shape index (κ3) is 3.24. The van der Waals surface area contributed by atoms with Gasteiger partial charge in [-0.15, -0.1) is 0 Å². The predicted molar refractivity (Wildman–Crippen MR) is 51.0 cm³/mol. The van der Waals surface area contributed by atoms with Crippen molar-refractivity contribution in [2.75, 3.05) is 6.54 Å². The lowest BCUT2D eigenvalue weighted by atomic mass is 9.80. The highest BCUT2D eigenvalue weighted by Crippen LogP contribution is 2.29. The molecule has 1 aliphatic carbocycles. The third-order valence-corrected chi connectivity index (χ3v) is 2.62. The number of carboxylic acid groups (broad SMARTS) is 1. The minimum atomic E-state index is -1.03. The van der Waals surface area contributed by atoms with Gasteiger partial charge in [-0.05, 0) is 25.7 Å². The Bertz CT molecular complexity index is 226. The second-order valence-electron chi connectivity index (χ2n) is 3.70. The first-order valence-electron chi connectivity index (χ1n) is 4.85. The lowest BCUT2D eigenvalue weighted by Gasteiger charge is -2.31. The van der Waals surface area contributed by atoms with Crippen molar-refractivity contribution in [3.05, 3.63) is 0 Å². The summed E-state index contributed by atoms with van der Waals surface area (Å²) in [5.41, 5.74) is 0. The molecule has 1 aliphatic rings. The summed E-state index contributed by atoms with van der Waals surface area (Å²) in [5.74, 6) is -0.470. The molecule has 0 radical (unpaired) electrons. The van der Waals surface area contributed by atoms with E-state index in [2.05, 4.69) is 10.6 Å². The molecule has 0 bridgehead atoms. The Balaban J connectivity index is 2.15. The number of urea groups is 1. The van der Waals surface area contributed by atoms with Crippen LogP contribution < -0.4 is 10.6 Å². The maximum atomic E-state index is 11.1. The van der Waals surface area contributed by atoms with Gasteiger partial charge in [-0.1, -0.05) is 6.42 Å². The summed E-state index contributed by atoms with van der Waals surface area (Å²) >= 11 is 0. The van der Waals surface area contributed by atoms with Gasteiger partial charge in [0, 0.05) is 6.04 Å². The molecule has 0 aromatic heterocycles. The molecule has 14 heavy (non-hydrogen) atoms. The summed E-state index contributed by atoms with van der Waals surface area (Å²) in [5, 5.41) is 13.3. The second-order valence-corrected chi connectivity index (χ2v) is 3.70. The fourth-order valence-corrected chi connectivity index (χ4v) is 1.47. The maximum Gasteiger partial charge on any atom is 0.323 e. The van der Waals surface area contributed by atoms with Gasteiger partial charge >= 0.3 is 12.0 Å². The Labute approximate surface area is 82.9 Å². The molecule has 2 amide bonds. The summed E-state index contributed by atoms with van der Waals surface area (Å²) < 4.78 is 0. The molecule has 80 valence electrons. The first-order chi connectivity index (χ1) is 6.59. The molecule has 1 fully saturated rings. The minimum Gasteiger partial charge on any atom is -0.480 e. The molecule has 3 N–H and O–H groups in total. The van der Waals surface area contributed by atoms with Crippen molar-refractivity contribution >= 4 is 12.0 Å². The van der Waals surface area contributed by atoms with Gasteiger partial charge in [0.1, 0.15) is 6.54 Å². The van der Waals surface area contributed by atoms with E-state index in [4.69, 9.17) is 5.11 Å². The van der Waals surface area contributed by atoms with E-state index in [0.29, 0.717) is 5.92 Å². The average molecular weight is 200 g/mol. The molecule has 0 aromatic rings. The number of rotatable bonds is 4. The molecule has 1 unspecified atom stereocenters. The van der Waals surface area contributed by atoms with Crippen LogP contribution in [0.25, 0.3) is 0 Å². The van der Waals surface area contributed by atoms with Gasteiger partial charge < -0.3 is 15.7 Å². The van der Waals surface area contributed by atoms with Crippen molar-refractivity contribution in [3.8, 4) is 0 Å². The van der Waals surface area contributed by atoms with Crippen molar-refractivity contribution in [3.63, 3.8) is 0 Å². The van der Waals surface area contributed by atoms with E-state index in [0.717, 1.165) is 12.8 Å². The fourth-order valence-electron chi connectivity index (χ4n) is 1.47. The highest BCUT2D eigenvalue weighted by Gasteiger charge is 2.24. The smallest absolute Gasteiger partial charge is 0.323 e. The number of carbonyl (C=O) groups excluding carboxylic acids is 1. The van der Waals surface area contributed by atoms with Gasteiger partial charge in [-0.2, -0.15) is 0 Å². The highest BCUT2D eigenvalue weighted by molar-refractivity contribution is 5.79. The number of carboxylic acids is 1. The molecule has 1 saturated carbocycles. The average Bonchev–Trinajstić information content (AvgIpc) is 1.97. The van der Waals surface area contributed by atoms with Crippen LogP contribution in [-0.4, -0.2) is 29.7 Å². The highest BCUT2D eigenvalue weighted by atomic mass is 16.4. The first kappa shape index (κ1) is 10.8. The Morgan fingerprint density at radius 1 is 1.50 bits per heavy atom. The molecule has 1 rings (SSSR count). The molecule has 0 aliphatic heterocycles. The van der Waals surface area contributed by atoms with Crippen LogP contribution in [0.2, 0.25) is 0 Å². The Morgan fingerprint density at radius 3 is 2.57 bits per heavy atom. The van der Waals surface area contributed by atoms with E-state index in [-0.39, 0.29) is 12.6 Å². The van der Waals surface area contributed by atoms with Crippen LogP contribution in [0.4, 0.5) is 4.79 Å². The van der Waals surface area contributed by atoms with E-state index >= 15 is 0 Å². The zero-order valence-electron chi connectivity index (χ0n) is 8.25. The number of amides is 2. The quantitative estimate of drug-likeness (QED) is 0.620. The van der Waals surface area contributed by atoms with Gasteiger partial charge in [0.2, 0.25) is 0 Å². The molecular formula is C9H16N2O3. The van der Waals surface area contributed by atoms with Crippen LogP contribution in [0.1, 0.15) is 26.2 Å². The first-order valence-corrected chi connectivity index (χ1v) is 4.85. The number of hydrogen-bond acceptors (Lipinski definition) is 2. The minimum absolute atomic E-state index is 0.137. The van der Waals surface area contributed by atoms with E-state index in [9.17, 15) is 9.59 Å². The van der Waals surface area contributed by atoms with Gasteiger partial charge in [-0.25, -0.2) is 4.79 Å². The molecule has 5 nitrogen and oxygen atoms in total. The Morgan fingerprint density at radius 2 is 2.14 bits per heavy atom. The SMILES string of the molecule is CC(NC(=O)NCC(=O)O)C1CCC1. The van der Waals surface area contributed by atoms with Crippen molar-refractivity contribution in [1.82, 2.24) is 10.6 Å². The van der Waals surface area contributed by atoms with Crippen LogP contribution in [0.15, 0.2) is 0 Å². The summed E-state index contributed by atoms with van der Waals surface area (Å²) in [6.45, 7) is 1.62. The Kier molecular flexibility index (Phi) is 3.73. The van der Waals surface area contributed by atoms with Crippen molar-refractivity contribution in [2.24, 2.45) is 5.92 Å². The lowest BCUT2D eigenvalue weighted by molar-refractivity contribution is -0.135. The van der Waals surface area contributed by atoms with E-state index in [1.54, 1.807) is 0 Å². The van der Waals surface area contributed by atoms with Gasteiger partial charge in [0.15, 0.2) is 0 Å². The standard InChI is InChI=1S/C9H16N2O3/c1-6(7-3-2-4-7)11-9(14)10-5-8(12)13/h6-7H,2-5H2,1H3,(H,12,13)(H2,10,11,14). The van der Waals surface area contributed by atoms with Crippen LogP contribution in [-0.2, 0) is 4.79 Å². The summed E-state index contributed by atoms with van der Waals surface area (Å²) in [6, 6.07) is -0.260. The fraction of sp³-hybridized carbons (Fsp3) is 0.778. The molecule has 0 spiro atoms. The maximum absolute atomic E-state index is 11.1. The number of carbonyl (C=O) groups is 2. The Hall–Kier alpha value is -1.26. The van der Waals surface area contributed by atoms with E-state index in [1.807, 2.05) is 6.92 Å². The van der Waals surface area contributed by atoms with E-state index in [1.165, 1.54) is 6.42 Å². The third-order valence-electron chi connectivity index (χ3n) is 2.62. The zero-order valence-corrected chi connectivity index (χ0v) is 8.25. The lowest BCUT2D eigenvalue weighted by Crippen LogP contribution is -2.46. The molecular weight excluding hydrogens is 184 g/mol. The summed E-state index contributed by atoms with van der Waals surface area (Å²) in [6.07, 6.45) is 3.54. The monoisotopic (exact) mass is 200 g/mol. The molecule has 1 atom stereocenters. The molecule has 0 aromatic carbocycles. The molecule has 0 saturated heterocycles. The van der Waals surface area contributed by atoms with E-state index < -0.39 is 12.0 Å². The van der Waals surface area contributed by atoms with Gasteiger partial charge in [0.25, 0.3) is 0 Å². The van der Waals surface area contributed by atoms with Crippen molar-refractivity contribution in [1.29, 1.82) is 0 Å². The number of hydrogen-bond donors (Lipinski definition) is 3. The van der Waals surface area contributed by atoms with Crippen LogP contribution >= 0.6 is 0 Å². The van der Waals surface area contributed by atoms with Gasteiger partial charge in [-0.3, -0.25) is 4.79 Å². The topological polar surface area (TPSA) is 78.4 Å². The van der Waals surface area contributed by atoms with Crippen LogP contribution in [0, 0.1) is 5.92 Å². The normalized spacial score (nSPS) is 18.1. The number of nitrogens with one attached hydrogen (secondary N) is 2. The zero-order chi connectivity index (χ0) is 10.6. The largest absolute Gasteiger partial charge is 0.480 e. The van der Waals surface area contributed by atoms with Gasteiger partial charge in [0.05, 0.1) is 0 Å². The molecule has 0 heterocycles. The molecule has 5 heteroatoms. The summed E-state index contributed by atoms with van der Waals surface area (Å²) in [4.78, 5) is 21.3.